The van der Waals surface area contributed by atoms with Gasteiger partial charge in [-0.05, 0) is 59.8 Å². The minimum atomic E-state index is -0.173. The predicted octanol–water partition coefficient (Wildman–Crippen LogP) is 4.02. The van der Waals surface area contributed by atoms with E-state index in [2.05, 4.69) is 10.6 Å². The number of fused-ring (bicyclic) bond motifs is 1. The van der Waals surface area contributed by atoms with Crippen LogP contribution < -0.4 is 20.1 Å². The van der Waals surface area contributed by atoms with E-state index < -0.39 is 0 Å². The summed E-state index contributed by atoms with van der Waals surface area (Å²) >= 11 is 1.64. The maximum atomic E-state index is 12.4. The molecule has 0 fully saturated rings. The van der Waals surface area contributed by atoms with Crippen LogP contribution in [-0.2, 0) is 17.8 Å². The molecule has 1 aromatic heterocycles. The van der Waals surface area contributed by atoms with Crippen molar-refractivity contribution >= 4 is 28.8 Å². The normalized spacial score (nSPS) is 12.6. The van der Waals surface area contributed by atoms with E-state index in [1.54, 1.807) is 29.5 Å². The molecule has 1 aliphatic heterocycles. The molecule has 0 saturated carbocycles. The average Bonchev–Trinajstić information content (AvgIpc) is 3.29. The average molecular weight is 423 g/mol. The quantitative estimate of drug-likeness (QED) is 0.538. The van der Waals surface area contributed by atoms with E-state index in [9.17, 15) is 9.59 Å². The lowest BCUT2D eigenvalue weighted by Gasteiger charge is -2.17. The van der Waals surface area contributed by atoms with Crippen LogP contribution in [0.3, 0.4) is 0 Å². The molecule has 0 spiro atoms. The van der Waals surface area contributed by atoms with E-state index in [1.165, 1.54) is 0 Å². The summed E-state index contributed by atoms with van der Waals surface area (Å²) in [6.07, 6.45) is 1.20. The maximum Gasteiger partial charge on any atom is 0.251 e. The Bertz CT molecular complexity index is 1030. The Morgan fingerprint density at radius 1 is 1.03 bits per heavy atom. The third-order valence-electron chi connectivity index (χ3n) is 4.69. The number of aryl methyl sites for hydroxylation is 1. The molecular weight excluding hydrogens is 400 g/mol. The van der Waals surface area contributed by atoms with Gasteiger partial charge in [0.15, 0.2) is 0 Å². The van der Waals surface area contributed by atoms with Crippen molar-refractivity contribution in [3.63, 3.8) is 0 Å². The molecule has 0 unspecified atom stereocenters. The number of nitrogens with one attached hydrogen (secondary N) is 2. The van der Waals surface area contributed by atoms with Gasteiger partial charge in [-0.1, -0.05) is 12.1 Å². The van der Waals surface area contributed by atoms with Crippen LogP contribution in [0.5, 0.6) is 11.5 Å². The summed E-state index contributed by atoms with van der Waals surface area (Å²) in [7, 11) is 0. The van der Waals surface area contributed by atoms with Crippen molar-refractivity contribution in [3.8, 4) is 11.5 Å². The van der Waals surface area contributed by atoms with Gasteiger partial charge in [0.2, 0.25) is 5.91 Å². The molecular formula is C23H22N2O4S. The molecule has 2 N–H and O–H groups in total. The van der Waals surface area contributed by atoms with Crippen LogP contribution in [0.15, 0.2) is 60.0 Å². The molecule has 30 heavy (non-hydrogen) atoms. The summed E-state index contributed by atoms with van der Waals surface area (Å²) in [6, 6.07) is 16.7. The van der Waals surface area contributed by atoms with Crippen LogP contribution in [-0.4, -0.2) is 25.0 Å². The Morgan fingerprint density at radius 2 is 1.93 bits per heavy atom. The number of hydrogen-bond acceptors (Lipinski definition) is 5. The fourth-order valence-electron chi connectivity index (χ4n) is 3.16. The molecule has 0 radical (unpaired) electrons. The highest BCUT2D eigenvalue weighted by Gasteiger charge is 2.15. The van der Waals surface area contributed by atoms with Crippen molar-refractivity contribution in [2.24, 2.45) is 0 Å². The minimum absolute atomic E-state index is 0.0415. The van der Waals surface area contributed by atoms with Gasteiger partial charge < -0.3 is 20.1 Å². The van der Waals surface area contributed by atoms with E-state index in [-0.39, 0.29) is 11.8 Å². The molecule has 2 amide bonds. The van der Waals surface area contributed by atoms with Gasteiger partial charge in [0, 0.05) is 22.5 Å². The monoisotopic (exact) mass is 422 g/mol. The maximum absolute atomic E-state index is 12.4. The van der Waals surface area contributed by atoms with Gasteiger partial charge in [-0.3, -0.25) is 9.59 Å². The van der Waals surface area contributed by atoms with Crippen LogP contribution >= 0.6 is 11.3 Å². The molecule has 7 heteroatoms. The van der Waals surface area contributed by atoms with Crippen molar-refractivity contribution in [2.75, 3.05) is 18.5 Å². The smallest absolute Gasteiger partial charge is 0.251 e. The molecule has 0 atom stereocenters. The zero-order valence-corrected chi connectivity index (χ0v) is 17.2. The highest BCUT2D eigenvalue weighted by molar-refractivity contribution is 7.09. The fraction of sp³-hybridized carbons (Fsp3) is 0.217. The summed E-state index contributed by atoms with van der Waals surface area (Å²) in [6.45, 7) is 1.22. The minimum Gasteiger partial charge on any atom is -0.492 e. The first-order valence-corrected chi connectivity index (χ1v) is 10.6. The summed E-state index contributed by atoms with van der Waals surface area (Å²) in [5.41, 5.74) is 2.45. The lowest BCUT2D eigenvalue weighted by molar-refractivity contribution is -0.116. The van der Waals surface area contributed by atoms with E-state index in [1.807, 2.05) is 41.8 Å². The van der Waals surface area contributed by atoms with Crippen LogP contribution in [0.2, 0.25) is 0 Å². The number of carbonyl (C=O) groups excluding carboxylic acids is 2. The summed E-state index contributed by atoms with van der Waals surface area (Å²) < 4.78 is 11.5. The summed E-state index contributed by atoms with van der Waals surface area (Å²) in [5.74, 6) is 1.25. The van der Waals surface area contributed by atoms with Gasteiger partial charge >= 0.3 is 0 Å². The Labute approximate surface area is 178 Å². The van der Waals surface area contributed by atoms with Crippen LogP contribution in [0, 0.1) is 0 Å². The third-order valence-corrected chi connectivity index (χ3v) is 5.54. The highest BCUT2D eigenvalue weighted by atomic mass is 32.1. The number of carbonyl (C=O) groups is 2. The fourth-order valence-corrected chi connectivity index (χ4v) is 3.78. The summed E-state index contributed by atoms with van der Waals surface area (Å²) in [4.78, 5) is 25.0. The van der Waals surface area contributed by atoms with Gasteiger partial charge in [-0.15, -0.1) is 11.3 Å². The van der Waals surface area contributed by atoms with E-state index in [4.69, 9.17) is 9.47 Å². The molecule has 0 bridgehead atoms. The Balaban J connectivity index is 1.24. The second-order valence-corrected chi connectivity index (χ2v) is 7.90. The number of hydrogen-bond donors (Lipinski definition) is 2. The number of ether oxygens (including phenoxy) is 2. The molecule has 6 nitrogen and oxygen atoms in total. The molecule has 154 valence electrons. The number of amides is 2. The van der Waals surface area contributed by atoms with Crippen molar-refractivity contribution < 1.29 is 19.1 Å². The first-order valence-electron chi connectivity index (χ1n) is 9.76. The molecule has 1 aliphatic rings. The largest absolute Gasteiger partial charge is 0.492 e. The highest BCUT2D eigenvalue weighted by Crippen LogP contribution is 2.26. The van der Waals surface area contributed by atoms with Crippen molar-refractivity contribution in [2.45, 2.75) is 19.4 Å². The van der Waals surface area contributed by atoms with Gasteiger partial charge in [0.25, 0.3) is 5.91 Å². The van der Waals surface area contributed by atoms with Gasteiger partial charge in [-0.25, -0.2) is 0 Å². The Morgan fingerprint density at radius 3 is 2.80 bits per heavy atom. The third kappa shape index (κ3) is 5.18. The number of anilines is 1. The van der Waals surface area contributed by atoms with Gasteiger partial charge in [-0.2, -0.15) is 0 Å². The first-order chi connectivity index (χ1) is 14.7. The second kappa shape index (κ2) is 9.45. The molecule has 2 aromatic carbocycles. The van der Waals surface area contributed by atoms with Gasteiger partial charge in [0.05, 0.1) is 6.54 Å². The Hall–Kier alpha value is -3.32. The zero-order chi connectivity index (χ0) is 20.8. The second-order valence-electron chi connectivity index (χ2n) is 6.87. The van der Waals surface area contributed by atoms with Crippen LogP contribution in [0.1, 0.15) is 27.2 Å². The number of benzene rings is 2. The molecule has 4 rings (SSSR count). The molecule has 2 heterocycles. The molecule has 3 aromatic rings. The van der Waals surface area contributed by atoms with Crippen molar-refractivity contribution in [3.05, 3.63) is 76.0 Å². The zero-order valence-electron chi connectivity index (χ0n) is 16.4. The van der Waals surface area contributed by atoms with Crippen molar-refractivity contribution in [1.82, 2.24) is 5.32 Å². The van der Waals surface area contributed by atoms with Gasteiger partial charge in [0.1, 0.15) is 24.7 Å². The topological polar surface area (TPSA) is 76.7 Å². The van der Waals surface area contributed by atoms with E-state index >= 15 is 0 Å². The van der Waals surface area contributed by atoms with E-state index in [0.29, 0.717) is 43.9 Å². The van der Waals surface area contributed by atoms with Crippen LogP contribution in [0.4, 0.5) is 5.69 Å². The SMILES string of the molecule is O=C1CCc2cc(OCCNC(=O)c3cccc(OCc4cccs4)c3)ccc2N1. The van der Waals surface area contributed by atoms with Crippen LogP contribution in [0.25, 0.3) is 0 Å². The van der Waals surface area contributed by atoms with Crippen molar-refractivity contribution in [1.29, 1.82) is 0 Å². The standard InChI is InChI=1S/C23H22N2O4S/c26-22-9-6-16-13-19(7-8-21(16)25-22)28-11-10-24-23(27)17-3-1-4-18(14-17)29-15-20-5-2-12-30-20/h1-5,7-8,12-14H,6,9-11,15H2,(H,24,27)(H,25,26). The van der Waals surface area contributed by atoms with E-state index in [0.717, 1.165) is 21.9 Å². The lowest BCUT2D eigenvalue weighted by atomic mass is 10.0. The first kappa shape index (κ1) is 20.0. The molecule has 0 saturated heterocycles. The predicted molar refractivity (Wildman–Crippen MR) is 116 cm³/mol. The summed E-state index contributed by atoms with van der Waals surface area (Å²) in [5, 5.41) is 7.71. The molecule has 0 aliphatic carbocycles. The number of thiophene rings is 1. The Kier molecular flexibility index (Phi) is 6.29. The lowest BCUT2D eigenvalue weighted by Crippen LogP contribution is -2.28. The number of rotatable bonds is 8.